The standard InChI is InChI=1S/C9H7N3O4S/c1-4-6(9(14)15)8(17-12-4)10-7(13)5-2-3-16-11-5/h2-3H,1H3,(H,10,13)(H,14,15). The van der Waals surface area contributed by atoms with Crippen molar-refractivity contribution in [3.05, 3.63) is 29.3 Å². The Bertz CT molecular complexity index is 561. The zero-order valence-electron chi connectivity index (χ0n) is 8.63. The topological polar surface area (TPSA) is 105 Å². The Morgan fingerprint density at radius 2 is 2.29 bits per heavy atom. The van der Waals surface area contributed by atoms with Crippen molar-refractivity contribution in [3.63, 3.8) is 0 Å². The summed E-state index contributed by atoms with van der Waals surface area (Å²) >= 11 is 0.909. The normalized spacial score (nSPS) is 10.2. The lowest BCUT2D eigenvalue weighted by Gasteiger charge is -2.00. The van der Waals surface area contributed by atoms with Crippen LogP contribution in [0.15, 0.2) is 16.9 Å². The van der Waals surface area contributed by atoms with Crippen molar-refractivity contribution in [2.45, 2.75) is 6.92 Å². The van der Waals surface area contributed by atoms with Crippen molar-refractivity contribution in [1.82, 2.24) is 9.53 Å². The molecular weight excluding hydrogens is 246 g/mol. The number of carbonyl (C=O) groups is 2. The number of hydrogen-bond donors (Lipinski definition) is 2. The van der Waals surface area contributed by atoms with E-state index in [1.165, 1.54) is 12.3 Å². The number of aromatic nitrogens is 2. The molecule has 2 rings (SSSR count). The first-order valence-corrected chi connectivity index (χ1v) is 5.28. The van der Waals surface area contributed by atoms with Crippen LogP contribution in [0, 0.1) is 6.92 Å². The number of rotatable bonds is 3. The first kappa shape index (κ1) is 11.3. The highest BCUT2D eigenvalue weighted by atomic mass is 32.1. The molecule has 0 atom stereocenters. The predicted octanol–water partition coefficient (Wildman–Crippen LogP) is 1.39. The van der Waals surface area contributed by atoms with Gasteiger partial charge in [0.15, 0.2) is 5.69 Å². The number of anilines is 1. The average Bonchev–Trinajstić information content (AvgIpc) is 2.87. The molecule has 0 aromatic carbocycles. The van der Waals surface area contributed by atoms with Gasteiger partial charge in [0.1, 0.15) is 16.8 Å². The van der Waals surface area contributed by atoms with Gasteiger partial charge in [0.2, 0.25) is 0 Å². The van der Waals surface area contributed by atoms with E-state index in [4.69, 9.17) is 5.11 Å². The Hall–Kier alpha value is -2.22. The molecule has 0 saturated carbocycles. The van der Waals surface area contributed by atoms with Crippen molar-refractivity contribution in [3.8, 4) is 0 Å². The van der Waals surface area contributed by atoms with Gasteiger partial charge in [-0.05, 0) is 18.5 Å². The van der Waals surface area contributed by atoms with Gasteiger partial charge in [-0.1, -0.05) is 5.16 Å². The number of carboxylic acid groups (broad SMARTS) is 1. The van der Waals surface area contributed by atoms with E-state index in [0.29, 0.717) is 5.69 Å². The van der Waals surface area contributed by atoms with E-state index in [1.807, 2.05) is 0 Å². The van der Waals surface area contributed by atoms with E-state index in [1.54, 1.807) is 6.92 Å². The Kier molecular flexibility index (Phi) is 2.88. The summed E-state index contributed by atoms with van der Waals surface area (Å²) in [6, 6.07) is 1.38. The van der Waals surface area contributed by atoms with Crippen LogP contribution in [0.5, 0.6) is 0 Å². The lowest BCUT2D eigenvalue weighted by molar-refractivity contribution is 0.0697. The fraction of sp³-hybridized carbons (Fsp3) is 0.111. The van der Waals surface area contributed by atoms with E-state index in [0.717, 1.165) is 11.5 Å². The van der Waals surface area contributed by atoms with Gasteiger partial charge >= 0.3 is 5.97 Å². The molecule has 0 aliphatic heterocycles. The van der Waals surface area contributed by atoms with Crippen molar-refractivity contribution >= 4 is 28.4 Å². The molecule has 0 aliphatic carbocycles. The molecule has 2 heterocycles. The maximum absolute atomic E-state index is 11.6. The maximum Gasteiger partial charge on any atom is 0.340 e. The largest absolute Gasteiger partial charge is 0.478 e. The Morgan fingerprint density at radius 3 is 2.88 bits per heavy atom. The van der Waals surface area contributed by atoms with Crippen LogP contribution < -0.4 is 5.32 Å². The van der Waals surface area contributed by atoms with Crippen LogP contribution in [0.1, 0.15) is 26.5 Å². The lowest BCUT2D eigenvalue weighted by Crippen LogP contribution is -2.13. The summed E-state index contributed by atoms with van der Waals surface area (Å²) in [5, 5.41) is 15.0. The maximum atomic E-state index is 11.6. The molecule has 88 valence electrons. The number of aromatic carboxylic acids is 1. The summed E-state index contributed by atoms with van der Waals surface area (Å²) in [6.07, 6.45) is 1.25. The number of aryl methyl sites for hydroxylation is 1. The van der Waals surface area contributed by atoms with E-state index >= 15 is 0 Å². The highest BCUT2D eigenvalue weighted by Gasteiger charge is 2.20. The minimum atomic E-state index is -1.13. The molecule has 2 aromatic rings. The van der Waals surface area contributed by atoms with Gasteiger partial charge in [0.05, 0.1) is 5.69 Å². The summed E-state index contributed by atoms with van der Waals surface area (Å²) in [6.45, 7) is 1.56. The Balaban J connectivity index is 2.25. The lowest BCUT2D eigenvalue weighted by atomic mass is 10.2. The summed E-state index contributed by atoms with van der Waals surface area (Å²) in [5.74, 6) is -1.67. The van der Waals surface area contributed by atoms with Crippen molar-refractivity contribution in [2.24, 2.45) is 0 Å². The van der Waals surface area contributed by atoms with Gasteiger partial charge in [-0.15, -0.1) is 0 Å². The second-order valence-corrected chi connectivity index (χ2v) is 3.89. The third kappa shape index (κ3) is 2.16. The fourth-order valence-electron chi connectivity index (χ4n) is 1.20. The van der Waals surface area contributed by atoms with Gasteiger partial charge in [-0.3, -0.25) is 4.79 Å². The molecular formula is C9H7N3O4S. The van der Waals surface area contributed by atoms with Crippen LogP contribution in [-0.4, -0.2) is 26.5 Å². The molecule has 1 amide bonds. The zero-order chi connectivity index (χ0) is 12.4. The number of nitrogens with one attached hydrogen (secondary N) is 1. The molecule has 0 bridgehead atoms. The summed E-state index contributed by atoms with van der Waals surface area (Å²) < 4.78 is 8.39. The van der Waals surface area contributed by atoms with Gasteiger partial charge in [-0.25, -0.2) is 4.79 Å². The molecule has 17 heavy (non-hydrogen) atoms. The number of nitrogens with zero attached hydrogens (tertiary/aromatic N) is 2. The number of carboxylic acids is 1. The van der Waals surface area contributed by atoms with Crippen molar-refractivity contribution in [2.75, 3.05) is 5.32 Å². The van der Waals surface area contributed by atoms with Gasteiger partial charge < -0.3 is 14.9 Å². The van der Waals surface area contributed by atoms with E-state index < -0.39 is 11.9 Å². The van der Waals surface area contributed by atoms with Crippen LogP contribution in [0.2, 0.25) is 0 Å². The van der Waals surface area contributed by atoms with E-state index in [2.05, 4.69) is 19.4 Å². The first-order valence-electron chi connectivity index (χ1n) is 4.51. The third-order valence-electron chi connectivity index (χ3n) is 1.97. The van der Waals surface area contributed by atoms with Crippen LogP contribution in [-0.2, 0) is 0 Å². The van der Waals surface area contributed by atoms with Crippen LogP contribution in [0.3, 0.4) is 0 Å². The monoisotopic (exact) mass is 253 g/mol. The van der Waals surface area contributed by atoms with Gasteiger partial charge in [0, 0.05) is 6.07 Å². The Morgan fingerprint density at radius 1 is 1.53 bits per heavy atom. The average molecular weight is 253 g/mol. The molecule has 0 fully saturated rings. The molecule has 0 unspecified atom stereocenters. The smallest absolute Gasteiger partial charge is 0.340 e. The highest BCUT2D eigenvalue weighted by molar-refractivity contribution is 7.11. The third-order valence-corrected chi connectivity index (χ3v) is 2.83. The molecule has 0 aliphatic rings. The second-order valence-electron chi connectivity index (χ2n) is 3.12. The summed E-state index contributed by atoms with van der Waals surface area (Å²) in [4.78, 5) is 22.6. The molecule has 2 N–H and O–H groups in total. The second kappa shape index (κ2) is 4.34. The minimum Gasteiger partial charge on any atom is -0.478 e. The van der Waals surface area contributed by atoms with Crippen LogP contribution >= 0.6 is 11.5 Å². The summed E-state index contributed by atoms with van der Waals surface area (Å²) in [5.41, 5.74) is 0.428. The minimum absolute atomic E-state index is 0.00755. The van der Waals surface area contributed by atoms with E-state index in [9.17, 15) is 9.59 Å². The quantitative estimate of drug-likeness (QED) is 0.856. The van der Waals surface area contributed by atoms with E-state index in [-0.39, 0.29) is 16.3 Å². The van der Waals surface area contributed by atoms with Crippen molar-refractivity contribution < 1.29 is 19.2 Å². The van der Waals surface area contributed by atoms with Gasteiger partial charge in [-0.2, -0.15) is 4.37 Å². The molecule has 2 aromatic heterocycles. The molecule has 7 nitrogen and oxygen atoms in total. The first-order chi connectivity index (χ1) is 8.09. The summed E-state index contributed by atoms with van der Waals surface area (Å²) in [7, 11) is 0. The number of amides is 1. The van der Waals surface area contributed by atoms with Gasteiger partial charge in [0.25, 0.3) is 5.91 Å². The number of carbonyl (C=O) groups excluding carboxylic acids is 1. The van der Waals surface area contributed by atoms with Crippen LogP contribution in [0.25, 0.3) is 0 Å². The fourth-order valence-corrected chi connectivity index (χ4v) is 1.99. The SMILES string of the molecule is Cc1nsc(NC(=O)c2ccon2)c1C(=O)O. The Labute approximate surface area is 99.2 Å². The number of hydrogen-bond acceptors (Lipinski definition) is 6. The molecule has 0 saturated heterocycles. The van der Waals surface area contributed by atoms with Crippen molar-refractivity contribution in [1.29, 1.82) is 0 Å². The molecule has 0 spiro atoms. The predicted molar refractivity (Wildman–Crippen MR) is 58.3 cm³/mol. The molecule has 8 heteroatoms. The zero-order valence-corrected chi connectivity index (χ0v) is 9.45. The van der Waals surface area contributed by atoms with Crippen LogP contribution in [0.4, 0.5) is 5.00 Å². The highest BCUT2D eigenvalue weighted by Crippen LogP contribution is 2.24. The molecule has 0 radical (unpaired) electrons.